The van der Waals surface area contributed by atoms with Crippen molar-refractivity contribution in [2.24, 2.45) is 4.99 Å². The van der Waals surface area contributed by atoms with Gasteiger partial charge in [0.15, 0.2) is 5.82 Å². The van der Waals surface area contributed by atoms with E-state index in [9.17, 15) is 4.79 Å². The zero-order valence-corrected chi connectivity index (χ0v) is 12.0. The van der Waals surface area contributed by atoms with Crippen LogP contribution in [0.25, 0.3) is 0 Å². The molecular formula is C14H22N4O. The Hall–Kier alpha value is -1.65. The third-order valence-corrected chi connectivity index (χ3v) is 3.46. The van der Waals surface area contributed by atoms with Crippen LogP contribution in [-0.4, -0.2) is 33.4 Å². The maximum atomic E-state index is 11.8. The number of nitrogens with zero attached hydrogens (tertiary/aromatic N) is 4. The highest BCUT2D eigenvalue weighted by molar-refractivity contribution is 5.82. The molecule has 0 bridgehead atoms. The van der Waals surface area contributed by atoms with Gasteiger partial charge in [0.1, 0.15) is 5.84 Å². The van der Waals surface area contributed by atoms with E-state index in [4.69, 9.17) is 0 Å². The van der Waals surface area contributed by atoms with Crippen LogP contribution in [-0.2, 0) is 0 Å². The van der Waals surface area contributed by atoms with Crippen LogP contribution in [0.2, 0.25) is 0 Å². The van der Waals surface area contributed by atoms with E-state index >= 15 is 0 Å². The van der Waals surface area contributed by atoms with Crippen molar-refractivity contribution >= 4 is 11.7 Å². The molecule has 1 fully saturated rings. The zero-order valence-electron chi connectivity index (χ0n) is 12.0. The number of hydrogen-bond acceptors (Lipinski definition) is 3. The molecule has 0 unspecified atom stereocenters. The fourth-order valence-corrected chi connectivity index (χ4v) is 2.31. The summed E-state index contributed by atoms with van der Waals surface area (Å²) in [4.78, 5) is 22.6. The lowest BCUT2D eigenvalue weighted by atomic mass is 10.1. The molecule has 0 saturated carbocycles. The van der Waals surface area contributed by atoms with Crippen LogP contribution >= 0.6 is 0 Å². The van der Waals surface area contributed by atoms with Gasteiger partial charge in [-0.15, -0.1) is 0 Å². The number of hydrogen-bond donors (Lipinski definition) is 0. The van der Waals surface area contributed by atoms with E-state index in [-0.39, 0.29) is 11.7 Å². The lowest BCUT2D eigenvalue weighted by molar-refractivity contribution is 0.340. The van der Waals surface area contributed by atoms with Gasteiger partial charge >= 0.3 is 5.69 Å². The molecule has 0 radical (unpaired) electrons. The van der Waals surface area contributed by atoms with E-state index in [2.05, 4.69) is 14.9 Å². The van der Waals surface area contributed by atoms with Gasteiger partial charge in [-0.1, -0.05) is 0 Å². The number of amidine groups is 1. The first kappa shape index (κ1) is 13.8. The monoisotopic (exact) mass is 262 g/mol. The molecule has 1 aromatic rings. The van der Waals surface area contributed by atoms with Crippen molar-refractivity contribution in [3.63, 3.8) is 0 Å². The summed E-state index contributed by atoms with van der Waals surface area (Å²) in [6.45, 7) is 8.02. The molecule has 0 aliphatic carbocycles. The third kappa shape index (κ3) is 3.43. The third-order valence-electron chi connectivity index (χ3n) is 3.46. The minimum absolute atomic E-state index is 0.126. The molecule has 0 aromatic carbocycles. The average molecular weight is 262 g/mol. The fourth-order valence-electron chi connectivity index (χ4n) is 2.31. The summed E-state index contributed by atoms with van der Waals surface area (Å²) in [6.07, 6.45) is 5.50. The lowest BCUT2D eigenvalue weighted by Gasteiger charge is -2.28. The van der Waals surface area contributed by atoms with Crippen LogP contribution < -0.4 is 5.69 Å². The second-order valence-corrected chi connectivity index (χ2v) is 5.28. The molecule has 2 heterocycles. The quantitative estimate of drug-likeness (QED) is 0.607. The van der Waals surface area contributed by atoms with Crippen LogP contribution in [0, 0.1) is 0 Å². The number of aliphatic imine (C=N–C) groups is 1. The van der Waals surface area contributed by atoms with Gasteiger partial charge in [0.05, 0.1) is 0 Å². The number of likely N-dealkylation sites (tertiary alicyclic amines) is 1. The number of rotatable bonds is 2. The first-order chi connectivity index (χ1) is 9.08. The maximum Gasteiger partial charge on any atom is 0.349 e. The van der Waals surface area contributed by atoms with Crippen LogP contribution in [0.3, 0.4) is 0 Å². The maximum absolute atomic E-state index is 11.8. The second-order valence-electron chi connectivity index (χ2n) is 5.28. The van der Waals surface area contributed by atoms with E-state index in [1.807, 2.05) is 20.8 Å². The van der Waals surface area contributed by atoms with Gasteiger partial charge in [0, 0.05) is 25.3 Å². The first-order valence-corrected chi connectivity index (χ1v) is 6.97. The summed E-state index contributed by atoms with van der Waals surface area (Å²) >= 11 is 0. The topological polar surface area (TPSA) is 50.5 Å². The summed E-state index contributed by atoms with van der Waals surface area (Å²) in [5.41, 5.74) is -0.234. The Morgan fingerprint density at radius 3 is 2.58 bits per heavy atom. The number of piperidine rings is 1. The summed E-state index contributed by atoms with van der Waals surface area (Å²) in [7, 11) is 0. The molecule has 1 aliphatic rings. The van der Waals surface area contributed by atoms with E-state index in [0.29, 0.717) is 5.82 Å². The Labute approximate surface area is 114 Å². The summed E-state index contributed by atoms with van der Waals surface area (Å²) < 4.78 is 1.61. The molecule has 0 spiro atoms. The molecule has 5 heteroatoms. The van der Waals surface area contributed by atoms with Gasteiger partial charge < -0.3 is 4.90 Å². The smallest absolute Gasteiger partial charge is 0.349 e. The predicted molar refractivity (Wildman–Crippen MR) is 77.1 cm³/mol. The lowest BCUT2D eigenvalue weighted by Crippen LogP contribution is -2.34. The SMILES string of the molecule is CC(=Nc1ccn(C(C)C)c(=O)n1)N1CCCCC1. The summed E-state index contributed by atoms with van der Waals surface area (Å²) in [6, 6.07) is 1.93. The molecule has 5 nitrogen and oxygen atoms in total. The van der Waals surface area contributed by atoms with E-state index in [1.165, 1.54) is 19.3 Å². The molecular weight excluding hydrogens is 240 g/mol. The van der Waals surface area contributed by atoms with Crippen molar-refractivity contribution in [2.45, 2.75) is 46.1 Å². The van der Waals surface area contributed by atoms with Gasteiger partial charge in [-0.05, 0) is 46.1 Å². The van der Waals surface area contributed by atoms with Gasteiger partial charge in [0.2, 0.25) is 0 Å². The number of aromatic nitrogens is 2. The van der Waals surface area contributed by atoms with Crippen molar-refractivity contribution in [1.29, 1.82) is 0 Å². The molecule has 1 aliphatic heterocycles. The van der Waals surface area contributed by atoms with Crippen molar-refractivity contribution in [2.75, 3.05) is 13.1 Å². The molecule has 0 atom stereocenters. The van der Waals surface area contributed by atoms with Crippen LogP contribution in [0.4, 0.5) is 5.82 Å². The zero-order chi connectivity index (χ0) is 13.8. The molecule has 1 aromatic heterocycles. The highest BCUT2D eigenvalue weighted by atomic mass is 16.1. The van der Waals surface area contributed by atoms with E-state index < -0.39 is 0 Å². The molecule has 1 saturated heterocycles. The van der Waals surface area contributed by atoms with E-state index in [0.717, 1.165) is 18.9 Å². The highest BCUT2D eigenvalue weighted by Gasteiger charge is 2.11. The Morgan fingerprint density at radius 2 is 2.00 bits per heavy atom. The van der Waals surface area contributed by atoms with Crippen molar-refractivity contribution in [1.82, 2.24) is 14.5 Å². The van der Waals surface area contributed by atoms with Gasteiger partial charge in [0.25, 0.3) is 0 Å². The second kappa shape index (κ2) is 5.99. The van der Waals surface area contributed by atoms with Crippen LogP contribution in [0.1, 0.15) is 46.1 Å². The normalized spacial score (nSPS) is 17.1. The van der Waals surface area contributed by atoms with Crippen LogP contribution in [0.15, 0.2) is 22.1 Å². The minimum Gasteiger partial charge on any atom is -0.360 e. The van der Waals surface area contributed by atoms with Crippen molar-refractivity contribution < 1.29 is 0 Å². The molecule has 19 heavy (non-hydrogen) atoms. The predicted octanol–water partition coefficient (Wildman–Crippen LogP) is 2.36. The Balaban J connectivity index is 2.18. The van der Waals surface area contributed by atoms with Crippen LogP contribution in [0.5, 0.6) is 0 Å². The molecule has 0 N–H and O–H groups in total. The van der Waals surface area contributed by atoms with Gasteiger partial charge in [-0.3, -0.25) is 4.57 Å². The van der Waals surface area contributed by atoms with Crippen molar-refractivity contribution in [3.05, 3.63) is 22.7 Å². The fraction of sp³-hybridized carbons (Fsp3) is 0.643. The molecule has 2 rings (SSSR count). The average Bonchev–Trinajstić information content (AvgIpc) is 2.39. The van der Waals surface area contributed by atoms with Gasteiger partial charge in [-0.25, -0.2) is 9.79 Å². The Bertz CT molecular complexity index is 512. The highest BCUT2D eigenvalue weighted by Crippen LogP contribution is 2.12. The first-order valence-electron chi connectivity index (χ1n) is 6.97. The largest absolute Gasteiger partial charge is 0.360 e. The standard InChI is InChI=1S/C14H22N4O/c1-11(2)18-10-7-13(16-14(18)19)15-12(3)17-8-5-4-6-9-17/h7,10-11H,4-6,8-9H2,1-3H3. The summed E-state index contributed by atoms with van der Waals surface area (Å²) in [5, 5.41) is 0. The van der Waals surface area contributed by atoms with E-state index in [1.54, 1.807) is 16.8 Å². The minimum atomic E-state index is -0.234. The van der Waals surface area contributed by atoms with Gasteiger partial charge in [-0.2, -0.15) is 4.98 Å². The Kier molecular flexibility index (Phi) is 4.35. The summed E-state index contributed by atoms with van der Waals surface area (Å²) in [5.74, 6) is 1.46. The Morgan fingerprint density at radius 1 is 1.32 bits per heavy atom. The molecule has 104 valence electrons. The molecule has 0 amide bonds. The van der Waals surface area contributed by atoms with Crippen molar-refractivity contribution in [3.8, 4) is 0 Å².